The molecule has 0 aromatic heterocycles. The first kappa shape index (κ1) is 58.4. The molecule has 1 aromatic rings. The predicted molar refractivity (Wildman–Crippen MR) is 246 cm³/mol. The van der Waals surface area contributed by atoms with E-state index in [0.29, 0.717) is 25.7 Å². The summed E-state index contributed by atoms with van der Waals surface area (Å²) in [5.74, 6) is -7.96. The monoisotopic (exact) mass is 1020 g/mol. The normalized spacial score (nSPS) is 20.8. The zero-order valence-electron chi connectivity index (χ0n) is 39.0. The molecule has 0 radical (unpaired) electrons. The number of ether oxygens (including phenoxy) is 4. The summed E-state index contributed by atoms with van der Waals surface area (Å²) in [4.78, 5) is 99.2. The van der Waals surface area contributed by atoms with Crippen molar-refractivity contribution in [1.29, 1.82) is 10.8 Å². The number of carbonyl (C=O) groups excluding carboxylic acids is 6. The molecule has 0 spiro atoms. The summed E-state index contributed by atoms with van der Waals surface area (Å²) in [6.07, 6.45) is -9.21. The first-order valence-electron chi connectivity index (χ1n) is 22.2. The number of aliphatic hydroxyl groups excluding tert-OH is 4. The number of guanidine groups is 2. The van der Waals surface area contributed by atoms with E-state index >= 15 is 0 Å². The summed E-state index contributed by atoms with van der Waals surface area (Å²) in [6, 6.07) is 0.985. The molecule has 0 saturated carbocycles. The lowest BCUT2D eigenvalue weighted by Gasteiger charge is -2.41. The van der Waals surface area contributed by atoms with Gasteiger partial charge >= 0.3 is 24.1 Å². The molecule has 30 nitrogen and oxygen atoms in total. The smallest absolute Gasteiger partial charge is 0.407 e. The van der Waals surface area contributed by atoms with Gasteiger partial charge in [-0.2, -0.15) is 0 Å². The lowest BCUT2D eigenvalue weighted by atomic mass is 9.92. The molecule has 72 heavy (non-hydrogen) atoms. The molecule has 2 heterocycles. The summed E-state index contributed by atoms with van der Waals surface area (Å²) in [5, 5.41) is 95.2. The Kier molecular flexibility index (Phi) is 23.2. The molecule has 6 amide bonds. The fraction of sp³-hybridized carbons (Fsp3) is 0.524. The maximum atomic E-state index is 12.9. The number of aliphatic carboxylic acids is 2. The second-order valence-corrected chi connectivity index (χ2v) is 16.1. The lowest BCUT2D eigenvalue weighted by Crippen LogP contribution is -2.65. The van der Waals surface area contributed by atoms with Gasteiger partial charge in [0, 0.05) is 51.2 Å². The number of benzene rings is 1. The number of rotatable bonds is 26. The number of nitrogens with one attached hydrogen (secondary N) is 10. The van der Waals surface area contributed by atoms with Crippen LogP contribution in [0.15, 0.2) is 47.9 Å². The van der Waals surface area contributed by atoms with Crippen LogP contribution in [0, 0.1) is 10.8 Å². The van der Waals surface area contributed by atoms with Gasteiger partial charge in [-0.3, -0.25) is 30.0 Å². The first-order chi connectivity index (χ1) is 34.1. The summed E-state index contributed by atoms with van der Waals surface area (Å²) in [7, 11) is 0. The minimum atomic E-state index is -1.82. The third-order valence-electron chi connectivity index (χ3n) is 10.4. The molecule has 0 fully saturated rings. The zero-order valence-corrected chi connectivity index (χ0v) is 39.0. The van der Waals surface area contributed by atoms with Crippen LogP contribution in [-0.4, -0.2) is 190 Å². The Morgan fingerprint density at radius 2 is 0.958 bits per heavy atom. The van der Waals surface area contributed by atoms with Crippen molar-refractivity contribution in [2.24, 2.45) is 11.5 Å². The fourth-order valence-electron chi connectivity index (χ4n) is 7.24. The first-order valence-corrected chi connectivity index (χ1v) is 22.2. The van der Waals surface area contributed by atoms with Crippen LogP contribution in [0.2, 0.25) is 0 Å². The van der Waals surface area contributed by atoms with Crippen LogP contribution in [0.4, 0.5) is 9.59 Å². The highest BCUT2D eigenvalue weighted by Gasteiger charge is 2.48. The number of amides is 6. The van der Waals surface area contributed by atoms with Gasteiger partial charge in [-0.15, -0.1) is 0 Å². The third-order valence-corrected chi connectivity index (χ3v) is 10.4. The number of hydrogen-bond acceptors (Lipinski definition) is 18. The number of carboxylic acid groups (broad SMARTS) is 2. The van der Waals surface area contributed by atoms with Crippen LogP contribution in [0.3, 0.4) is 0 Å². The predicted octanol–water partition coefficient (Wildman–Crippen LogP) is -4.95. The van der Waals surface area contributed by atoms with E-state index in [1.165, 1.54) is 24.3 Å². The van der Waals surface area contributed by atoms with Crippen molar-refractivity contribution in [3.05, 3.63) is 59.1 Å². The van der Waals surface area contributed by atoms with Crippen molar-refractivity contribution < 1.29 is 87.9 Å². The Morgan fingerprint density at radius 3 is 1.26 bits per heavy atom. The van der Waals surface area contributed by atoms with E-state index in [1.807, 2.05) is 0 Å². The number of nitrogens with two attached hydrogens (primary N) is 2. The number of alkyl carbamates (subject to hydrolysis) is 2. The van der Waals surface area contributed by atoms with Gasteiger partial charge in [0.2, 0.25) is 23.3 Å². The van der Waals surface area contributed by atoms with Gasteiger partial charge in [-0.1, -0.05) is 6.07 Å². The molecular weight excluding hydrogens is 961 g/mol. The van der Waals surface area contributed by atoms with Crippen LogP contribution in [-0.2, 0) is 38.1 Å². The molecule has 2 aliphatic rings. The molecule has 0 bridgehead atoms. The molecule has 10 atom stereocenters. The van der Waals surface area contributed by atoms with Gasteiger partial charge in [-0.05, 0) is 56.0 Å². The van der Waals surface area contributed by atoms with Crippen molar-refractivity contribution >= 4 is 59.7 Å². The van der Waals surface area contributed by atoms with Gasteiger partial charge in [0.1, 0.15) is 12.2 Å². The van der Waals surface area contributed by atoms with Crippen LogP contribution in [0.5, 0.6) is 0 Å². The molecule has 0 unspecified atom stereocenters. The van der Waals surface area contributed by atoms with E-state index in [4.69, 9.17) is 41.2 Å². The highest BCUT2D eigenvalue weighted by molar-refractivity contribution is 5.99. The van der Waals surface area contributed by atoms with Crippen molar-refractivity contribution in [2.75, 3.05) is 39.4 Å². The second-order valence-electron chi connectivity index (χ2n) is 16.1. The molecule has 0 aliphatic carbocycles. The Bertz CT molecular complexity index is 2050. The highest BCUT2D eigenvalue weighted by atomic mass is 16.6. The largest absolute Gasteiger partial charge is 0.477 e. The van der Waals surface area contributed by atoms with E-state index in [0.717, 1.165) is 26.0 Å². The lowest BCUT2D eigenvalue weighted by molar-refractivity contribution is -0.147. The summed E-state index contributed by atoms with van der Waals surface area (Å²) < 4.78 is 21.7. The standard InChI is InChI=1S/C42H62N12O18/c1-19(57)51-29-23(53-39(43)44)15-27(37(63)64)69-33(29)31(25(59)17-55)71-41(67)49-12-5-3-10-47-35(61)21-8-7-9-22(14-21)36(62)48-11-4-6-13-50-42(68)72-32(26(60)18-56)34-30(52-20(2)58)24(54-40(45)46)16-28(70-34)38(65)66/h7-9,14-16,23-26,29-34,55-56,59-60H,3-6,10-13,17-18H2,1-2H3,(H,47,61)(H,48,62)(H,49,67)(H,50,68)(H,51,57)(H,52,58)(H,63,64)(H,65,66)(H4,43,44,53)(H4,45,46,54)/t23-,24-,25+,26+,29+,30+,31+,32+,33+,34+/m0/s1. The highest BCUT2D eigenvalue weighted by Crippen LogP contribution is 2.27. The van der Waals surface area contributed by atoms with Gasteiger partial charge < -0.3 is 104 Å². The van der Waals surface area contributed by atoms with Crippen LogP contribution in [0.1, 0.15) is 60.2 Å². The molecule has 0 saturated heterocycles. The topological polar surface area (TPSA) is 491 Å². The summed E-state index contributed by atoms with van der Waals surface area (Å²) >= 11 is 0. The molecule has 1 aromatic carbocycles. The minimum absolute atomic E-state index is 0.00813. The van der Waals surface area contributed by atoms with Crippen molar-refractivity contribution in [3.63, 3.8) is 0 Å². The van der Waals surface area contributed by atoms with E-state index in [9.17, 15) is 69.0 Å². The Labute approximate surface area is 410 Å². The molecule has 2 aliphatic heterocycles. The maximum Gasteiger partial charge on any atom is 0.407 e. The third kappa shape index (κ3) is 18.4. The summed E-state index contributed by atoms with van der Waals surface area (Å²) in [6.45, 7) is 0.596. The molecular formula is C42H62N12O18. The Morgan fingerprint density at radius 1 is 0.611 bits per heavy atom. The number of carbonyl (C=O) groups is 8. The molecule has 3 rings (SSSR count). The van der Waals surface area contributed by atoms with E-state index in [1.54, 1.807) is 0 Å². The summed E-state index contributed by atoms with van der Waals surface area (Å²) in [5.41, 5.74) is 11.2. The average Bonchev–Trinajstić information content (AvgIpc) is 3.31. The number of carboxylic acids is 2. The Hall–Kier alpha value is -7.96. The minimum Gasteiger partial charge on any atom is -0.477 e. The van der Waals surface area contributed by atoms with E-state index in [2.05, 4.69) is 42.5 Å². The number of hydrogen-bond donors (Lipinski definition) is 18. The zero-order chi connectivity index (χ0) is 53.7. The SMILES string of the molecule is CC(=O)N[C@H]1[C@H]([C@H](OC(=O)NCCCCNC(=O)c2cccc(C(=O)NCCCCNC(=O)O[C@@H]([C@@H]3OC(C(=O)O)=C[C@H](NC(=N)N)[C@H]3NC(C)=O)[C@H](O)CO)c2)[C@H](O)CO)OC(C(=O)O)=C[C@@H]1NC(=N)N. The number of aliphatic hydroxyl groups is 4. The average molecular weight is 1020 g/mol. The van der Waals surface area contributed by atoms with Gasteiger partial charge in [0.05, 0.1) is 37.4 Å². The number of unbranched alkanes of at least 4 members (excludes halogenated alkanes) is 2. The van der Waals surface area contributed by atoms with E-state index in [-0.39, 0.29) is 37.3 Å². The molecule has 398 valence electrons. The molecule has 20 N–H and O–H groups in total. The van der Waals surface area contributed by atoms with Gasteiger partial charge in [-0.25, -0.2) is 19.2 Å². The van der Waals surface area contributed by atoms with Crippen LogP contribution < -0.4 is 54.0 Å². The van der Waals surface area contributed by atoms with Crippen molar-refractivity contribution in [1.82, 2.24) is 42.5 Å². The second kappa shape index (κ2) is 28.6. The Balaban J connectivity index is 1.45. The van der Waals surface area contributed by atoms with E-state index < -0.39 is 145 Å². The van der Waals surface area contributed by atoms with Crippen molar-refractivity contribution in [3.8, 4) is 0 Å². The fourth-order valence-corrected chi connectivity index (χ4v) is 7.24. The van der Waals surface area contributed by atoms with Crippen LogP contribution in [0.25, 0.3) is 0 Å². The van der Waals surface area contributed by atoms with Gasteiger partial charge in [0.15, 0.2) is 36.3 Å². The van der Waals surface area contributed by atoms with Gasteiger partial charge in [0.25, 0.3) is 11.8 Å². The molecule has 30 heteroatoms. The van der Waals surface area contributed by atoms with Crippen LogP contribution >= 0.6 is 0 Å². The quantitative estimate of drug-likeness (QED) is 0.0235. The maximum absolute atomic E-state index is 12.9. The van der Waals surface area contributed by atoms with Crippen molar-refractivity contribution in [2.45, 2.75) is 100 Å².